The van der Waals surface area contributed by atoms with Crippen molar-refractivity contribution in [3.63, 3.8) is 0 Å². The maximum absolute atomic E-state index is 3.56. The molecule has 0 bridgehead atoms. The molecule has 0 aromatic carbocycles. The SMILES string of the molecule is CNC(CSCC(C)C)C1CCC(C)C(C)C1. The second-order valence-electron chi connectivity index (χ2n) is 6.35. The zero-order chi connectivity index (χ0) is 12.8. The zero-order valence-electron chi connectivity index (χ0n) is 12.3. The number of hydrogen-bond donors (Lipinski definition) is 1. The van der Waals surface area contributed by atoms with Crippen LogP contribution in [-0.4, -0.2) is 24.6 Å². The average Bonchev–Trinajstić information content (AvgIpc) is 2.28. The smallest absolute Gasteiger partial charge is 0.0183 e. The summed E-state index contributed by atoms with van der Waals surface area (Å²) in [4.78, 5) is 0. The van der Waals surface area contributed by atoms with Gasteiger partial charge in [0.25, 0.3) is 0 Å². The summed E-state index contributed by atoms with van der Waals surface area (Å²) in [6, 6.07) is 0.730. The van der Waals surface area contributed by atoms with Crippen molar-refractivity contribution in [2.75, 3.05) is 18.6 Å². The molecule has 0 aliphatic heterocycles. The molecule has 0 spiro atoms. The molecular weight excluding hydrogens is 226 g/mol. The lowest BCUT2D eigenvalue weighted by Gasteiger charge is -2.36. The van der Waals surface area contributed by atoms with E-state index in [1.807, 2.05) is 0 Å². The van der Waals surface area contributed by atoms with Gasteiger partial charge in [-0.25, -0.2) is 0 Å². The molecule has 1 fully saturated rings. The summed E-state index contributed by atoms with van der Waals surface area (Å²) in [6.45, 7) is 9.48. The Labute approximate surface area is 113 Å². The summed E-state index contributed by atoms with van der Waals surface area (Å²) in [7, 11) is 2.14. The van der Waals surface area contributed by atoms with Crippen molar-refractivity contribution in [2.24, 2.45) is 23.7 Å². The summed E-state index contributed by atoms with van der Waals surface area (Å²) < 4.78 is 0. The quantitative estimate of drug-likeness (QED) is 0.771. The third-order valence-electron chi connectivity index (χ3n) is 4.33. The van der Waals surface area contributed by atoms with Crippen LogP contribution in [0.4, 0.5) is 0 Å². The Morgan fingerprint density at radius 2 is 1.82 bits per heavy atom. The highest BCUT2D eigenvalue weighted by Gasteiger charge is 2.29. The van der Waals surface area contributed by atoms with Crippen molar-refractivity contribution in [2.45, 2.75) is 53.0 Å². The van der Waals surface area contributed by atoms with Crippen LogP contribution in [0.1, 0.15) is 47.0 Å². The molecule has 1 saturated carbocycles. The van der Waals surface area contributed by atoms with E-state index >= 15 is 0 Å². The molecule has 1 aliphatic rings. The topological polar surface area (TPSA) is 12.0 Å². The molecule has 1 aliphatic carbocycles. The normalized spacial score (nSPS) is 31.8. The summed E-state index contributed by atoms with van der Waals surface area (Å²) in [5, 5.41) is 3.56. The van der Waals surface area contributed by atoms with E-state index in [9.17, 15) is 0 Å². The van der Waals surface area contributed by atoms with E-state index in [0.717, 1.165) is 29.7 Å². The molecule has 0 saturated heterocycles. The Bertz CT molecular complexity index is 205. The van der Waals surface area contributed by atoms with E-state index < -0.39 is 0 Å². The minimum atomic E-state index is 0.730. The zero-order valence-corrected chi connectivity index (χ0v) is 13.1. The van der Waals surface area contributed by atoms with E-state index in [1.54, 1.807) is 0 Å². The number of hydrogen-bond acceptors (Lipinski definition) is 2. The second-order valence-corrected chi connectivity index (χ2v) is 7.43. The Morgan fingerprint density at radius 3 is 2.35 bits per heavy atom. The van der Waals surface area contributed by atoms with Gasteiger partial charge in [-0.3, -0.25) is 0 Å². The largest absolute Gasteiger partial charge is 0.316 e. The van der Waals surface area contributed by atoms with E-state index in [0.29, 0.717) is 0 Å². The highest BCUT2D eigenvalue weighted by molar-refractivity contribution is 7.99. The van der Waals surface area contributed by atoms with Crippen molar-refractivity contribution >= 4 is 11.8 Å². The van der Waals surface area contributed by atoms with Crippen LogP contribution in [0.25, 0.3) is 0 Å². The lowest BCUT2D eigenvalue weighted by atomic mass is 9.73. The number of thioether (sulfide) groups is 1. The summed E-state index contributed by atoms with van der Waals surface area (Å²) >= 11 is 2.13. The Morgan fingerprint density at radius 1 is 1.12 bits per heavy atom. The van der Waals surface area contributed by atoms with Crippen LogP contribution in [0.5, 0.6) is 0 Å². The molecule has 1 nitrogen and oxygen atoms in total. The molecule has 2 heteroatoms. The molecule has 0 heterocycles. The van der Waals surface area contributed by atoms with Gasteiger partial charge in [0.2, 0.25) is 0 Å². The lowest BCUT2D eigenvalue weighted by molar-refractivity contribution is 0.181. The van der Waals surface area contributed by atoms with Gasteiger partial charge in [-0.1, -0.05) is 34.1 Å². The van der Waals surface area contributed by atoms with Gasteiger partial charge in [0, 0.05) is 11.8 Å². The average molecular weight is 257 g/mol. The molecule has 0 radical (unpaired) electrons. The number of rotatable bonds is 6. The first-order valence-corrected chi connectivity index (χ1v) is 8.45. The van der Waals surface area contributed by atoms with Gasteiger partial charge in [0.1, 0.15) is 0 Å². The lowest BCUT2D eigenvalue weighted by Crippen LogP contribution is -2.39. The Hall–Kier alpha value is 0.310. The van der Waals surface area contributed by atoms with Crippen LogP contribution in [-0.2, 0) is 0 Å². The van der Waals surface area contributed by atoms with E-state index in [4.69, 9.17) is 0 Å². The third-order valence-corrected chi connectivity index (χ3v) is 5.82. The Kier molecular flexibility index (Phi) is 6.94. The molecule has 17 heavy (non-hydrogen) atoms. The Balaban J connectivity index is 2.34. The van der Waals surface area contributed by atoms with Crippen LogP contribution >= 0.6 is 11.8 Å². The predicted molar refractivity (Wildman–Crippen MR) is 80.7 cm³/mol. The molecule has 4 unspecified atom stereocenters. The van der Waals surface area contributed by atoms with Gasteiger partial charge in [0.05, 0.1) is 0 Å². The van der Waals surface area contributed by atoms with Crippen molar-refractivity contribution < 1.29 is 0 Å². The molecule has 1 rings (SSSR count). The molecule has 0 aromatic heterocycles. The third kappa shape index (κ3) is 5.21. The van der Waals surface area contributed by atoms with Crippen molar-refractivity contribution in [1.82, 2.24) is 5.32 Å². The maximum Gasteiger partial charge on any atom is 0.0183 e. The van der Waals surface area contributed by atoms with Gasteiger partial charge in [-0.15, -0.1) is 0 Å². The standard InChI is InChI=1S/C15H31NS/c1-11(2)9-17-10-15(16-5)14-7-6-12(3)13(4)8-14/h11-16H,6-10H2,1-5H3. The highest BCUT2D eigenvalue weighted by Crippen LogP contribution is 2.35. The minimum Gasteiger partial charge on any atom is -0.316 e. The fourth-order valence-corrected chi connectivity index (χ4v) is 4.14. The van der Waals surface area contributed by atoms with Crippen LogP contribution < -0.4 is 5.32 Å². The fourth-order valence-electron chi connectivity index (χ4n) is 2.84. The maximum atomic E-state index is 3.56. The first-order valence-electron chi connectivity index (χ1n) is 7.29. The molecule has 0 aromatic rings. The van der Waals surface area contributed by atoms with Crippen LogP contribution in [0.2, 0.25) is 0 Å². The van der Waals surface area contributed by atoms with Crippen molar-refractivity contribution in [3.05, 3.63) is 0 Å². The molecular formula is C15H31NS. The molecule has 1 N–H and O–H groups in total. The summed E-state index contributed by atoms with van der Waals surface area (Å²) in [6.07, 6.45) is 4.28. The van der Waals surface area contributed by atoms with Crippen molar-refractivity contribution in [1.29, 1.82) is 0 Å². The fraction of sp³-hybridized carbons (Fsp3) is 1.00. The first kappa shape index (κ1) is 15.4. The van der Waals surface area contributed by atoms with Crippen LogP contribution in [0.3, 0.4) is 0 Å². The van der Waals surface area contributed by atoms with E-state index in [1.165, 1.54) is 30.8 Å². The van der Waals surface area contributed by atoms with Gasteiger partial charge in [-0.05, 0) is 49.3 Å². The van der Waals surface area contributed by atoms with E-state index in [2.05, 4.69) is 51.8 Å². The van der Waals surface area contributed by atoms with Gasteiger partial charge >= 0.3 is 0 Å². The first-order chi connectivity index (χ1) is 8.04. The van der Waals surface area contributed by atoms with Crippen molar-refractivity contribution in [3.8, 4) is 0 Å². The molecule has 102 valence electrons. The van der Waals surface area contributed by atoms with E-state index in [-0.39, 0.29) is 0 Å². The molecule has 4 atom stereocenters. The monoisotopic (exact) mass is 257 g/mol. The highest BCUT2D eigenvalue weighted by atomic mass is 32.2. The minimum absolute atomic E-state index is 0.730. The summed E-state index contributed by atoms with van der Waals surface area (Å²) in [5.74, 6) is 6.18. The van der Waals surface area contributed by atoms with Crippen LogP contribution in [0.15, 0.2) is 0 Å². The van der Waals surface area contributed by atoms with Gasteiger partial charge < -0.3 is 5.32 Å². The molecule has 0 amide bonds. The van der Waals surface area contributed by atoms with Gasteiger partial charge in [0.15, 0.2) is 0 Å². The predicted octanol–water partition coefficient (Wildman–Crippen LogP) is 4.04. The number of nitrogens with one attached hydrogen (secondary N) is 1. The summed E-state index contributed by atoms with van der Waals surface area (Å²) in [5.41, 5.74) is 0. The van der Waals surface area contributed by atoms with Gasteiger partial charge in [-0.2, -0.15) is 11.8 Å². The second kappa shape index (κ2) is 7.68. The van der Waals surface area contributed by atoms with Crippen LogP contribution in [0, 0.1) is 23.7 Å².